The van der Waals surface area contributed by atoms with Gasteiger partial charge in [-0.2, -0.15) is 0 Å². The van der Waals surface area contributed by atoms with E-state index in [2.05, 4.69) is 27.7 Å². The summed E-state index contributed by atoms with van der Waals surface area (Å²) in [6.45, 7) is 8.62. The van der Waals surface area contributed by atoms with Gasteiger partial charge in [-0.1, -0.05) is 20.8 Å². The number of hydrogen-bond donors (Lipinski definition) is 1. The van der Waals surface area contributed by atoms with Gasteiger partial charge >= 0.3 is 0 Å². The van der Waals surface area contributed by atoms with Gasteiger partial charge in [-0.3, -0.25) is 0 Å². The van der Waals surface area contributed by atoms with Gasteiger partial charge in [0.1, 0.15) is 0 Å². The van der Waals surface area contributed by atoms with E-state index in [9.17, 15) is 0 Å². The van der Waals surface area contributed by atoms with Crippen molar-refractivity contribution in [1.82, 2.24) is 0 Å². The Morgan fingerprint density at radius 3 is 1.70 bits per heavy atom. The molecule has 2 N–H and O–H groups in total. The van der Waals surface area contributed by atoms with Crippen molar-refractivity contribution in [3.05, 3.63) is 5.92 Å². The maximum absolute atomic E-state index is 6.04. The molecule has 1 unspecified atom stereocenters. The molecule has 0 aromatic rings. The Kier molecular flexibility index (Phi) is 3.95. The summed E-state index contributed by atoms with van der Waals surface area (Å²) in [4.78, 5) is 0. The molecule has 1 heteroatoms. The van der Waals surface area contributed by atoms with Crippen LogP contribution in [0.3, 0.4) is 0 Å². The molecule has 0 bridgehead atoms. The van der Waals surface area contributed by atoms with Gasteiger partial charge in [-0.05, 0) is 32.1 Å². The van der Waals surface area contributed by atoms with E-state index in [1.807, 2.05) is 0 Å². The summed E-state index contributed by atoms with van der Waals surface area (Å²) < 4.78 is 0. The second-order valence-corrected chi connectivity index (χ2v) is 3.08. The Bertz CT molecular complexity index is 82.7. The molecule has 0 spiro atoms. The minimum Gasteiger partial charge on any atom is -0.325 e. The van der Waals surface area contributed by atoms with E-state index in [4.69, 9.17) is 5.73 Å². The van der Waals surface area contributed by atoms with E-state index in [1.165, 1.54) is 5.92 Å². The number of rotatable bonds is 4. The maximum Gasteiger partial charge on any atom is 0.0185 e. The van der Waals surface area contributed by atoms with Gasteiger partial charge < -0.3 is 5.73 Å². The summed E-state index contributed by atoms with van der Waals surface area (Å²) in [5, 5.41) is 0. The molecule has 0 aliphatic heterocycles. The average molecular weight is 142 g/mol. The summed E-state index contributed by atoms with van der Waals surface area (Å²) in [6.07, 6.45) is 3.29. The van der Waals surface area contributed by atoms with Gasteiger partial charge in [0.25, 0.3) is 0 Å². The Labute approximate surface area is 65.0 Å². The van der Waals surface area contributed by atoms with Crippen LogP contribution in [0.15, 0.2) is 0 Å². The van der Waals surface area contributed by atoms with Crippen molar-refractivity contribution in [2.75, 3.05) is 0 Å². The van der Waals surface area contributed by atoms with Gasteiger partial charge in [0, 0.05) is 5.54 Å². The monoisotopic (exact) mass is 142 g/mol. The highest BCUT2D eigenvalue weighted by Crippen LogP contribution is 2.25. The highest BCUT2D eigenvalue weighted by atomic mass is 14.7. The third-order valence-corrected chi connectivity index (χ3v) is 2.40. The first kappa shape index (κ1) is 9.96. The molecular formula is C9H20N. The van der Waals surface area contributed by atoms with Crippen LogP contribution in [0.1, 0.15) is 47.0 Å². The molecule has 0 saturated carbocycles. The van der Waals surface area contributed by atoms with Crippen molar-refractivity contribution >= 4 is 0 Å². The average Bonchev–Trinajstić information content (AvgIpc) is 1.90. The van der Waals surface area contributed by atoms with Crippen molar-refractivity contribution in [3.8, 4) is 0 Å². The topological polar surface area (TPSA) is 26.0 Å². The second-order valence-electron chi connectivity index (χ2n) is 3.08. The fraction of sp³-hybridized carbons (Fsp3) is 0.889. The molecule has 0 heterocycles. The Hall–Kier alpha value is -0.0400. The first-order valence-corrected chi connectivity index (χ1v) is 4.22. The molecule has 1 nitrogen and oxygen atoms in total. The Morgan fingerprint density at radius 2 is 1.60 bits per heavy atom. The van der Waals surface area contributed by atoms with Gasteiger partial charge in [0.15, 0.2) is 0 Å². The van der Waals surface area contributed by atoms with E-state index < -0.39 is 0 Å². The van der Waals surface area contributed by atoms with Crippen LogP contribution in [0, 0.1) is 5.92 Å². The summed E-state index contributed by atoms with van der Waals surface area (Å²) >= 11 is 0. The standard InChI is InChI=1S/C9H20N/c1-5-8(6-2)9(4,10)7-3/h5-7,10H2,1-4H3. The molecule has 0 aliphatic rings. The highest BCUT2D eigenvalue weighted by molar-refractivity contribution is 5.06. The van der Waals surface area contributed by atoms with Crippen LogP contribution in [-0.2, 0) is 0 Å². The molecule has 0 fully saturated rings. The number of hydrogen-bond acceptors (Lipinski definition) is 1. The molecule has 61 valence electrons. The summed E-state index contributed by atoms with van der Waals surface area (Å²) in [5.41, 5.74) is 6.02. The smallest absolute Gasteiger partial charge is 0.0185 e. The van der Waals surface area contributed by atoms with Gasteiger partial charge in [-0.15, -0.1) is 0 Å². The number of nitrogens with two attached hydrogens (primary N) is 1. The predicted molar refractivity (Wildman–Crippen MR) is 46.7 cm³/mol. The van der Waals surface area contributed by atoms with Gasteiger partial charge in [0.05, 0.1) is 0 Å². The molecule has 0 rings (SSSR count). The molecule has 1 radical (unpaired) electrons. The summed E-state index contributed by atoms with van der Waals surface area (Å²) in [7, 11) is 0. The first-order chi connectivity index (χ1) is 4.58. The van der Waals surface area contributed by atoms with Crippen molar-refractivity contribution < 1.29 is 0 Å². The predicted octanol–water partition coefficient (Wildman–Crippen LogP) is 2.51. The van der Waals surface area contributed by atoms with Crippen molar-refractivity contribution in [1.29, 1.82) is 0 Å². The zero-order valence-electron chi connectivity index (χ0n) is 7.70. The molecule has 0 amide bonds. The lowest BCUT2D eigenvalue weighted by Crippen LogP contribution is -2.41. The van der Waals surface area contributed by atoms with Crippen LogP contribution < -0.4 is 5.73 Å². The Balaban J connectivity index is 3.97. The van der Waals surface area contributed by atoms with E-state index in [0.29, 0.717) is 0 Å². The highest BCUT2D eigenvalue weighted by Gasteiger charge is 2.25. The molecule has 10 heavy (non-hydrogen) atoms. The van der Waals surface area contributed by atoms with Crippen molar-refractivity contribution in [2.45, 2.75) is 52.5 Å². The SMILES string of the molecule is CC[C](CC)C(C)(N)CC. The third kappa shape index (κ3) is 2.30. The molecule has 0 aliphatic carbocycles. The maximum atomic E-state index is 6.04. The molecule has 0 aromatic carbocycles. The zero-order valence-corrected chi connectivity index (χ0v) is 7.70. The molecule has 0 aromatic heterocycles. The fourth-order valence-electron chi connectivity index (χ4n) is 1.31. The lowest BCUT2D eigenvalue weighted by atomic mass is 9.81. The Morgan fingerprint density at radius 1 is 1.20 bits per heavy atom. The fourth-order valence-corrected chi connectivity index (χ4v) is 1.31. The lowest BCUT2D eigenvalue weighted by Gasteiger charge is -2.31. The summed E-state index contributed by atoms with van der Waals surface area (Å²) in [6, 6.07) is 0. The summed E-state index contributed by atoms with van der Waals surface area (Å²) in [5.74, 6) is 1.48. The van der Waals surface area contributed by atoms with Crippen molar-refractivity contribution in [3.63, 3.8) is 0 Å². The first-order valence-electron chi connectivity index (χ1n) is 4.22. The van der Waals surface area contributed by atoms with Crippen LogP contribution in [0.25, 0.3) is 0 Å². The van der Waals surface area contributed by atoms with Crippen LogP contribution in [0.5, 0.6) is 0 Å². The lowest BCUT2D eigenvalue weighted by molar-refractivity contribution is 0.432. The van der Waals surface area contributed by atoms with E-state index >= 15 is 0 Å². The van der Waals surface area contributed by atoms with Crippen LogP contribution in [-0.4, -0.2) is 5.54 Å². The van der Waals surface area contributed by atoms with Crippen LogP contribution >= 0.6 is 0 Å². The molecule has 1 atom stereocenters. The van der Waals surface area contributed by atoms with Gasteiger partial charge in [0.2, 0.25) is 0 Å². The largest absolute Gasteiger partial charge is 0.325 e. The normalized spacial score (nSPS) is 17.4. The van der Waals surface area contributed by atoms with Crippen LogP contribution in [0.2, 0.25) is 0 Å². The zero-order chi connectivity index (χ0) is 8.20. The third-order valence-electron chi connectivity index (χ3n) is 2.40. The van der Waals surface area contributed by atoms with E-state index in [0.717, 1.165) is 19.3 Å². The van der Waals surface area contributed by atoms with E-state index in [1.54, 1.807) is 0 Å². The molecule has 0 saturated heterocycles. The van der Waals surface area contributed by atoms with Crippen molar-refractivity contribution in [2.24, 2.45) is 5.73 Å². The van der Waals surface area contributed by atoms with E-state index in [-0.39, 0.29) is 5.54 Å². The van der Waals surface area contributed by atoms with Gasteiger partial charge in [-0.25, -0.2) is 0 Å². The molecular weight excluding hydrogens is 122 g/mol. The minimum atomic E-state index is -0.0243. The quantitative estimate of drug-likeness (QED) is 0.641. The second kappa shape index (κ2) is 3.97. The van der Waals surface area contributed by atoms with Crippen LogP contribution in [0.4, 0.5) is 0 Å². The minimum absolute atomic E-state index is 0.0243.